The van der Waals surface area contributed by atoms with Crippen LogP contribution >= 0.6 is 11.3 Å². The lowest BCUT2D eigenvalue weighted by Crippen LogP contribution is -2.13. The molecule has 0 bridgehead atoms. The third-order valence-electron chi connectivity index (χ3n) is 2.66. The summed E-state index contributed by atoms with van der Waals surface area (Å²) in [5.74, 6) is 0.733. The van der Waals surface area contributed by atoms with E-state index in [4.69, 9.17) is 5.11 Å². The average molecular weight is 182 g/mol. The van der Waals surface area contributed by atoms with Crippen LogP contribution in [0.2, 0.25) is 0 Å². The second kappa shape index (κ2) is 3.58. The summed E-state index contributed by atoms with van der Waals surface area (Å²) in [7, 11) is 0. The summed E-state index contributed by atoms with van der Waals surface area (Å²) in [6.45, 7) is 0.351. The molecule has 1 N–H and O–H groups in total. The molecular formula is C10H14OS. The van der Waals surface area contributed by atoms with Crippen LogP contribution in [-0.2, 0) is 12.8 Å². The molecule has 1 heterocycles. The first-order valence-electron chi connectivity index (χ1n) is 4.56. The van der Waals surface area contributed by atoms with Crippen molar-refractivity contribution in [2.45, 2.75) is 25.7 Å². The highest BCUT2D eigenvalue weighted by molar-refractivity contribution is 7.10. The van der Waals surface area contributed by atoms with E-state index in [1.807, 2.05) is 11.3 Å². The van der Waals surface area contributed by atoms with Gasteiger partial charge in [-0.15, -0.1) is 11.3 Å². The molecule has 0 spiro atoms. The van der Waals surface area contributed by atoms with Gasteiger partial charge in [-0.25, -0.2) is 0 Å². The minimum atomic E-state index is 0.351. The van der Waals surface area contributed by atoms with Crippen LogP contribution in [0.3, 0.4) is 0 Å². The van der Waals surface area contributed by atoms with E-state index < -0.39 is 0 Å². The highest BCUT2D eigenvalue weighted by Gasteiger charge is 2.18. The SMILES string of the molecule is OCCC1CCc2sccc2C1. The molecule has 0 saturated heterocycles. The van der Waals surface area contributed by atoms with E-state index in [-0.39, 0.29) is 0 Å². The van der Waals surface area contributed by atoms with Crippen molar-refractivity contribution in [2.75, 3.05) is 6.61 Å². The summed E-state index contributed by atoms with van der Waals surface area (Å²) in [5, 5.41) is 11.0. The van der Waals surface area contributed by atoms with Crippen LogP contribution in [0, 0.1) is 5.92 Å². The number of thiophene rings is 1. The van der Waals surface area contributed by atoms with Crippen LogP contribution in [0.5, 0.6) is 0 Å². The molecule has 1 aliphatic carbocycles. The van der Waals surface area contributed by atoms with Gasteiger partial charge in [-0.3, -0.25) is 0 Å². The predicted molar refractivity (Wildman–Crippen MR) is 51.5 cm³/mol. The zero-order valence-corrected chi connectivity index (χ0v) is 7.94. The zero-order chi connectivity index (χ0) is 8.39. The largest absolute Gasteiger partial charge is 0.396 e. The van der Waals surface area contributed by atoms with Crippen LogP contribution in [0.1, 0.15) is 23.3 Å². The molecule has 0 fully saturated rings. The van der Waals surface area contributed by atoms with E-state index >= 15 is 0 Å². The first-order chi connectivity index (χ1) is 5.90. The van der Waals surface area contributed by atoms with Gasteiger partial charge in [0.25, 0.3) is 0 Å². The molecule has 66 valence electrons. The zero-order valence-electron chi connectivity index (χ0n) is 7.12. The Labute approximate surface area is 77.0 Å². The fourth-order valence-electron chi connectivity index (χ4n) is 1.95. The lowest BCUT2D eigenvalue weighted by molar-refractivity contribution is 0.248. The second-order valence-electron chi connectivity index (χ2n) is 3.49. The van der Waals surface area contributed by atoms with Crippen molar-refractivity contribution >= 4 is 11.3 Å². The molecule has 0 radical (unpaired) electrons. The van der Waals surface area contributed by atoms with Crippen LogP contribution < -0.4 is 0 Å². The first kappa shape index (κ1) is 8.27. The topological polar surface area (TPSA) is 20.2 Å². The van der Waals surface area contributed by atoms with Crippen molar-refractivity contribution in [1.82, 2.24) is 0 Å². The van der Waals surface area contributed by atoms with Crippen LogP contribution in [0.15, 0.2) is 11.4 Å². The van der Waals surface area contributed by atoms with Gasteiger partial charge in [0.15, 0.2) is 0 Å². The normalized spacial score (nSPS) is 22.2. The molecule has 1 atom stereocenters. The van der Waals surface area contributed by atoms with Gasteiger partial charge in [0, 0.05) is 11.5 Å². The van der Waals surface area contributed by atoms with Crippen molar-refractivity contribution in [1.29, 1.82) is 0 Å². The molecule has 2 heteroatoms. The van der Waals surface area contributed by atoms with Crippen molar-refractivity contribution in [3.8, 4) is 0 Å². The standard InChI is InChI=1S/C10H14OS/c11-5-3-8-1-2-10-9(7-8)4-6-12-10/h4,6,8,11H,1-3,5,7H2. The fraction of sp³-hybridized carbons (Fsp3) is 0.600. The molecule has 0 amide bonds. The summed E-state index contributed by atoms with van der Waals surface area (Å²) in [6.07, 6.45) is 4.68. The smallest absolute Gasteiger partial charge is 0.0433 e. The van der Waals surface area contributed by atoms with Gasteiger partial charge in [-0.1, -0.05) is 0 Å². The minimum absolute atomic E-state index is 0.351. The van der Waals surface area contributed by atoms with Gasteiger partial charge < -0.3 is 5.11 Å². The number of aliphatic hydroxyl groups excluding tert-OH is 1. The first-order valence-corrected chi connectivity index (χ1v) is 5.44. The quantitative estimate of drug-likeness (QED) is 0.743. The van der Waals surface area contributed by atoms with Crippen molar-refractivity contribution < 1.29 is 5.11 Å². The molecule has 2 rings (SSSR count). The van der Waals surface area contributed by atoms with E-state index in [0.29, 0.717) is 6.61 Å². The van der Waals surface area contributed by atoms with E-state index in [2.05, 4.69) is 11.4 Å². The van der Waals surface area contributed by atoms with Crippen LogP contribution in [0.25, 0.3) is 0 Å². The van der Waals surface area contributed by atoms with E-state index in [1.54, 1.807) is 4.88 Å². The molecule has 1 aromatic heterocycles. The summed E-state index contributed by atoms with van der Waals surface area (Å²) < 4.78 is 0. The maximum atomic E-state index is 8.82. The Morgan fingerprint density at radius 3 is 3.33 bits per heavy atom. The third kappa shape index (κ3) is 1.54. The number of aliphatic hydroxyl groups is 1. The number of aryl methyl sites for hydroxylation is 1. The molecule has 1 unspecified atom stereocenters. The maximum Gasteiger partial charge on any atom is 0.0433 e. The Morgan fingerprint density at radius 2 is 2.50 bits per heavy atom. The van der Waals surface area contributed by atoms with E-state index in [0.717, 1.165) is 12.3 Å². The van der Waals surface area contributed by atoms with Gasteiger partial charge in [-0.2, -0.15) is 0 Å². The second-order valence-corrected chi connectivity index (χ2v) is 4.49. The van der Waals surface area contributed by atoms with Gasteiger partial charge in [-0.05, 0) is 48.6 Å². The lowest BCUT2D eigenvalue weighted by Gasteiger charge is -2.20. The summed E-state index contributed by atoms with van der Waals surface area (Å²) in [4.78, 5) is 1.57. The molecular weight excluding hydrogens is 168 g/mol. The highest BCUT2D eigenvalue weighted by atomic mass is 32.1. The number of hydrogen-bond acceptors (Lipinski definition) is 2. The van der Waals surface area contributed by atoms with Crippen LogP contribution in [-0.4, -0.2) is 11.7 Å². The molecule has 0 aliphatic heterocycles. The van der Waals surface area contributed by atoms with Crippen molar-refractivity contribution in [3.63, 3.8) is 0 Å². The van der Waals surface area contributed by atoms with E-state index in [9.17, 15) is 0 Å². The highest BCUT2D eigenvalue weighted by Crippen LogP contribution is 2.30. The Balaban J connectivity index is 2.05. The Kier molecular flexibility index (Phi) is 2.47. The monoisotopic (exact) mass is 182 g/mol. The van der Waals surface area contributed by atoms with Crippen molar-refractivity contribution in [3.05, 3.63) is 21.9 Å². The lowest BCUT2D eigenvalue weighted by atomic mass is 9.87. The summed E-state index contributed by atoms with van der Waals surface area (Å²) >= 11 is 1.88. The molecule has 1 nitrogen and oxygen atoms in total. The van der Waals surface area contributed by atoms with Gasteiger partial charge in [0.1, 0.15) is 0 Å². The number of hydrogen-bond donors (Lipinski definition) is 1. The minimum Gasteiger partial charge on any atom is -0.396 e. The number of fused-ring (bicyclic) bond motifs is 1. The summed E-state index contributed by atoms with van der Waals surface area (Å²) in [5.41, 5.74) is 1.53. The summed E-state index contributed by atoms with van der Waals surface area (Å²) in [6, 6.07) is 2.24. The van der Waals surface area contributed by atoms with Crippen LogP contribution in [0.4, 0.5) is 0 Å². The molecule has 0 aromatic carbocycles. The average Bonchev–Trinajstić information content (AvgIpc) is 2.51. The third-order valence-corrected chi connectivity index (χ3v) is 3.69. The Bertz CT molecular complexity index is 254. The molecule has 0 saturated carbocycles. The van der Waals surface area contributed by atoms with Gasteiger partial charge >= 0.3 is 0 Å². The Morgan fingerprint density at radius 1 is 1.58 bits per heavy atom. The maximum absolute atomic E-state index is 8.82. The van der Waals surface area contributed by atoms with Gasteiger partial charge in [0.2, 0.25) is 0 Å². The van der Waals surface area contributed by atoms with E-state index in [1.165, 1.54) is 24.8 Å². The molecule has 1 aliphatic rings. The Hall–Kier alpha value is -0.340. The van der Waals surface area contributed by atoms with Gasteiger partial charge in [0.05, 0.1) is 0 Å². The molecule has 12 heavy (non-hydrogen) atoms. The number of rotatable bonds is 2. The fourth-order valence-corrected chi connectivity index (χ4v) is 2.88. The molecule has 1 aromatic rings. The predicted octanol–water partition coefficient (Wildman–Crippen LogP) is 2.24. The van der Waals surface area contributed by atoms with Crippen molar-refractivity contribution in [2.24, 2.45) is 5.92 Å².